The minimum absolute atomic E-state index is 0.527. The van der Waals surface area contributed by atoms with Gasteiger partial charge in [0.2, 0.25) is 0 Å². The average Bonchev–Trinajstić information content (AvgIpc) is 2.94. The van der Waals surface area contributed by atoms with Crippen molar-refractivity contribution in [1.82, 2.24) is 4.90 Å². The zero-order chi connectivity index (χ0) is 10.6. The van der Waals surface area contributed by atoms with Crippen molar-refractivity contribution in [1.29, 1.82) is 0 Å². The number of hydrogen-bond donors (Lipinski definition) is 0. The molecule has 80 valence electrons. The van der Waals surface area contributed by atoms with Crippen LogP contribution in [0.2, 0.25) is 0 Å². The summed E-state index contributed by atoms with van der Waals surface area (Å²) in [4.78, 5) is 2.41. The number of fused-ring (bicyclic) bond motifs is 1. The van der Waals surface area contributed by atoms with Gasteiger partial charge in [0.1, 0.15) is 0 Å². The maximum atomic E-state index is 2.41. The molecule has 2 unspecified atom stereocenters. The molecule has 0 heterocycles. The number of nitrogens with zero attached hydrogens (tertiary/aromatic N) is 1. The van der Waals surface area contributed by atoms with Gasteiger partial charge in [0.15, 0.2) is 0 Å². The molecule has 0 bridgehead atoms. The van der Waals surface area contributed by atoms with E-state index < -0.39 is 0 Å². The van der Waals surface area contributed by atoms with Crippen LogP contribution >= 0.6 is 0 Å². The highest BCUT2D eigenvalue weighted by Gasteiger charge is 2.51. The highest BCUT2D eigenvalue weighted by molar-refractivity contribution is 5.29. The van der Waals surface area contributed by atoms with Gasteiger partial charge < -0.3 is 4.90 Å². The van der Waals surface area contributed by atoms with Gasteiger partial charge in [-0.1, -0.05) is 45.1 Å². The molecule has 1 saturated carbocycles. The molecule has 0 aromatic heterocycles. The van der Waals surface area contributed by atoms with E-state index >= 15 is 0 Å². The monoisotopic (exact) mass is 193 g/mol. The van der Waals surface area contributed by atoms with Gasteiger partial charge in [0.25, 0.3) is 0 Å². The number of hydrogen-bond acceptors (Lipinski definition) is 1. The van der Waals surface area contributed by atoms with E-state index in [0.29, 0.717) is 5.41 Å². The SMILES string of the molecule is CC.CCN(C)CC12C=CC=CC1C2. The van der Waals surface area contributed by atoms with Gasteiger partial charge in [-0.05, 0) is 25.9 Å². The zero-order valence-corrected chi connectivity index (χ0v) is 9.96. The lowest BCUT2D eigenvalue weighted by molar-refractivity contribution is 0.297. The van der Waals surface area contributed by atoms with Crippen LogP contribution < -0.4 is 0 Å². The van der Waals surface area contributed by atoms with Crippen LogP contribution in [0.25, 0.3) is 0 Å². The van der Waals surface area contributed by atoms with Crippen LogP contribution in [0.3, 0.4) is 0 Å². The molecule has 14 heavy (non-hydrogen) atoms. The van der Waals surface area contributed by atoms with Crippen molar-refractivity contribution in [2.75, 3.05) is 20.1 Å². The molecule has 1 heteroatoms. The van der Waals surface area contributed by atoms with Crippen LogP contribution in [0, 0.1) is 11.3 Å². The van der Waals surface area contributed by atoms with Crippen LogP contribution in [0.4, 0.5) is 0 Å². The minimum atomic E-state index is 0.527. The first kappa shape index (κ1) is 11.5. The zero-order valence-electron chi connectivity index (χ0n) is 9.96. The topological polar surface area (TPSA) is 3.24 Å². The number of allylic oxidation sites excluding steroid dienone is 3. The van der Waals surface area contributed by atoms with E-state index in [9.17, 15) is 0 Å². The van der Waals surface area contributed by atoms with Gasteiger partial charge in [-0.25, -0.2) is 0 Å². The Balaban J connectivity index is 0.000000461. The van der Waals surface area contributed by atoms with Gasteiger partial charge >= 0.3 is 0 Å². The van der Waals surface area contributed by atoms with E-state index in [1.807, 2.05) is 13.8 Å². The van der Waals surface area contributed by atoms with E-state index in [4.69, 9.17) is 0 Å². The molecule has 0 aromatic rings. The molecule has 0 N–H and O–H groups in total. The van der Waals surface area contributed by atoms with Crippen LogP contribution in [-0.4, -0.2) is 25.0 Å². The molecule has 0 aliphatic heterocycles. The van der Waals surface area contributed by atoms with Crippen molar-refractivity contribution in [3.8, 4) is 0 Å². The van der Waals surface area contributed by atoms with Crippen molar-refractivity contribution in [3.05, 3.63) is 24.3 Å². The molecule has 0 aromatic carbocycles. The fourth-order valence-electron chi connectivity index (χ4n) is 2.10. The van der Waals surface area contributed by atoms with E-state index in [2.05, 4.69) is 43.2 Å². The summed E-state index contributed by atoms with van der Waals surface area (Å²) < 4.78 is 0. The Labute approximate surface area is 88.5 Å². The third-order valence-corrected chi connectivity index (χ3v) is 3.17. The third kappa shape index (κ3) is 2.27. The average molecular weight is 193 g/mol. The number of rotatable bonds is 3. The second-order valence-electron chi connectivity index (χ2n) is 4.12. The first-order valence-electron chi connectivity index (χ1n) is 5.81. The van der Waals surface area contributed by atoms with Crippen molar-refractivity contribution >= 4 is 0 Å². The molecule has 2 atom stereocenters. The van der Waals surface area contributed by atoms with Gasteiger partial charge in [-0.2, -0.15) is 0 Å². The summed E-state index contributed by atoms with van der Waals surface area (Å²) in [5.74, 6) is 0.844. The van der Waals surface area contributed by atoms with Crippen LogP contribution in [0.15, 0.2) is 24.3 Å². The minimum Gasteiger partial charge on any atom is -0.306 e. The Hall–Kier alpha value is -0.560. The standard InChI is InChI=1S/C11H17N.C2H6/c1-3-12(2)9-11-7-5-4-6-10(11)8-11;1-2/h4-7,10H,3,8-9H2,1-2H3;1-2H3. The summed E-state index contributed by atoms with van der Waals surface area (Å²) in [7, 11) is 2.20. The summed E-state index contributed by atoms with van der Waals surface area (Å²) in [6.07, 6.45) is 10.5. The van der Waals surface area contributed by atoms with E-state index in [1.54, 1.807) is 0 Å². The molecular formula is C13H23N. The Bertz CT molecular complexity index is 229. The largest absolute Gasteiger partial charge is 0.306 e. The lowest BCUT2D eigenvalue weighted by Crippen LogP contribution is -2.26. The predicted octanol–water partition coefficient (Wildman–Crippen LogP) is 3.10. The first-order valence-corrected chi connectivity index (χ1v) is 5.81. The molecule has 0 saturated heterocycles. The highest BCUT2D eigenvalue weighted by Crippen LogP contribution is 2.56. The third-order valence-electron chi connectivity index (χ3n) is 3.17. The molecule has 0 amide bonds. The smallest absolute Gasteiger partial charge is 0.00811 e. The Morgan fingerprint density at radius 3 is 2.64 bits per heavy atom. The van der Waals surface area contributed by atoms with Crippen LogP contribution in [-0.2, 0) is 0 Å². The van der Waals surface area contributed by atoms with Gasteiger partial charge in [-0.3, -0.25) is 0 Å². The van der Waals surface area contributed by atoms with E-state index in [0.717, 1.165) is 12.5 Å². The van der Waals surface area contributed by atoms with E-state index in [-0.39, 0.29) is 0 Å². The van der Waals surface area contributed by atoms with Crippen molar-refractivity contribution in [2.24, 2.45) is 11.3 Å². The fourth-order valence-corrected chi connectivity index (χ4v) is 2.10. The van der Waals surface area contributed by atoms with Crippen LogP contribution in [0.1, 0.15) is 27.2 Å². The summed E-state index contributed by atoms with van der Waals surface area (Å²) in [6, 6.07) is 0. The fraction of sp³-hybridized carbons (Fsp3) is 0.692. The summed E-state index contributed by atoms with van der Waals surface area (Å²) >= 11 is 0. The second-order valence-corrected chi connectivity index (χ2v) is 4.12. The molecule has 2 rings (SSSR count). The molecule has 2 aliphatic rings. The maximum Gasteiger partial charge on any atom is 0.00811 e. The van der Waals surface area contributed by atoms with Crippen LogP contribution in [0.5, 0.6) is 0 Å². The molecule has 1 fully saturated rings. The predicted molar refractivity (Wildman–Crippen MR) is 63.3 cm³/mol. The summed E-state index contributed by atoms with van der Waals surface area (Å²) in [6.45, 7) is 8.61. The Morgan fingerprint density at radius 1 is 1.36 bits per heavy atom. The first-order chi connectivity index (χ1) is 6.77. The second kappa shape index (κ2) is 4.79. The van der Waals surface area contributed by atoms with Crippen molar-refractivity contribution in [3.63, 3.8) is 0 Å². The van der Waals surface area contributed by atoms with Gasteiger partial charge in [0, 0.05) is 12.0 Å². The lowest BCUT2D eigenvalue weighted by atomic mass is 9.99. The molecule has 2 aliphatic carbocycles. The molecule has 1 nitrogen and oxygen atoms in total. The quantitative estimate of drug-likeness (QED) is 0.665. The molecule has 0 radical (unpaired) electrons. The maximum absolute atomic E-state index is 2.41. The Morgan fingerprint density at radius 2 is 2.07 bits per heavy atom. The van der Waals surface area contributed by atoms with Gasteiger partial charge in [0.05, 0.1) is 0 Å². The van der Waals surface area contributed by atoms with E-state index in [1.165, 1.54) is 13.0 Å². The lowest BCUT2D eigenvalue weighted by Gasteiger charge is -2.21. The van der Waals surface area contributed by atoms with Crippen molar-refractivity contribution < 1.29 is 0 Å². The molecular weight excluding hydrogens is 170 g/mol. The van der Waals surface area contributed by atoms with Crippen molar-refractivity contribution in [2.45, 2.75) is 27.2 Å². The summed E-state index contributed by atoms with van der Waals surface area (Å²) in [5.41, 5.74) is 0.527. The normalized spacial score (nSPS) is 32.2. The highest BCUT2D eigenvalue weighted by atomic mass is 15.1. The Kier molecular flexibility index (Phi) is 3.94. The summed E-state index contributed by atoms with van der Waals surface area (Å²) in [5, 5.41) is 0. The van der Waals surface area contributed by atoms with Gasteiger partial charge in [-0.15, -0.1) is 0 Å². The molecule has 0 spiro atoms.